The van der Waals surface area contributed by atoms with E-state index in [4.69, 9.17) is 11.6 Å². The number of aliphatic imine (C=N–C) groups is 1. The smallest absolute Gasteiger partial charge is 0.191 e. The Morgan fingerprint density at radius 1 is 1.26 bits per heavy atom. The van der Waals surface area contributed by atoms with Crippen LogP contribution in [0.3, 0.4) is 0 Å². The molecule has 1 fully saturated rings. The average molecular weight is 451 g/mol. The van der Waals surface area contributed by atoms with E-state index in [-0.39, 0.29) is 24.0 Å². The second-order valence-corrected chi connectivity index (χ2v) is 6.38. The summed E-state index contributed by atoms with van der Waals surface area (Å²) in [6.45, 7) is 1.68. The zero-order valence-corrected chi connectivity index (χ0v) is 16.9. The van der Waals surface area contributed by atoms with Crippen LogP contribution in [0.4, 0.5) is 0 Å². The topological polar surface area (TPSA) is 49.3 Å². The van der Waals surface area contributed by atoms with Gasteiger partial charge in [-0.05, 0) is 24.0 Å². The Hall–Kier alpha value is -0.560. The Morgan fingerprint density at radius 3 is 2.70 bits per heavy atom. The Balaban J connectivity index is 0.00000264. The molecule has 0 aliphatic heterocycles. The minimum Gasteiger partial charge on any atom is -0.356 e. The van der Waals surface area contributed by atoms with Gasteiger partial charge in [-0.3, -0.25) is 4.99 Å². The van der Waals surface area contributed by atoms with Crippen LogP contribution in [-0.2, 0) is 6.54 Å². The van der Waals surface area contributed by atoms with Crippen LogP contribution in [0, 0.1) is 5.92 Å². The van der Waals surface area contributed by atoms with E-state index in [0.717, 1.165) is 24.0 Å². The molecule has 23 heavy (non-hydrogen) atoms. The lowest BCUT2D eigenvalue weighted by atomic mass is 10.0. The molecule has 1 aromatic heterocycles. The highest BCUT2D eigenvalue weighted by atomic mass is 127. The first-order valence-electron chi connectivity index (χ1n) is 8.33. The van der Waals surface area contributed by atoms with E-state index in [1.807, 2.05) is 6.07 Å². The molecule has 4 nitrogen and oxygen atoms in total. The fourth-order valence-electron chi connectivity index (χ4n) is 2.98. The van der Waals surface area contributed by atoms with Crippen molar-refractivity contribution >= 4 is 41.5 Å². The van der Waals surface area contributed by atoms with Gasteiger partial charge >= 0.3 is 0 Å². The van der Waals surface area contributed by atoms with E-state index in [1.165, 1.54) is 44.9 Å². The first-order valence-corrected chi connectivity index (χ1v) is 8.70. The first kappa shape index (κ1) is 20.5. The van der Waals surface area contributed by atoms with Crippen molar-refractivity contribution in [2.45, 2.75) is 51.5 Å². The number of aromatic nitrogens is 1. The molecule has 0 saturated heterocycles. The summed E-state index contributed by atoms with van der Waals surface area (Å²) in [5.41, 5.74) is 1.09. The minimum absolute atomic E-state index is 0. The molecular formula is C17H28ClIN4. The summed E-state index contributed by atoms with van der Waals surface area (Å²) < 4.78 is 0. The number of guanidine groups is 1. The van der Waals surface area contributed by atoms with Crippen LogP contribution in [-0.4, -0.2) is 24.5 Å². The van der Waals surface area contributed by atoms with E-state index < -0.39 is 0 Å². The molecule has 0 unspecified atom stereocenters. The number of nitrogens with zero attached hydrogens (tertiary/aromatic N) is 2. The zero-order chi connectivity index (χ0) is 15.6. The molecule has 0 radical (unpaired) electrons. The molecule has 0 aromatic carbocycles. The maximum atomic E-state index is 5.78. The van der Waals surface area contributed by atoms with Gasteiger partial charge in [-0.15, -0.1) is 24.0 Å². The molecular weight excluding hydrogens is 423 g/mol. The summed E-state index contributed by atoms with van der Waals surface area (Å²) in [4.78, 5) is 8.32. The number of unbranched alkanes of at least 4 members (excludes halogenated alkanes) is 1. The molecule has 1 heterocycles. The van der Waals surface area contributed by atoms with E-state index in [1.54, 1.807) is 19.3 Å². The molecule has 0 bridgehead atoms. The standard InChI is InChI=1S/C17H27ClN4.HI/c1-19-17(22-13-15-9-10-16(18)21-12-15)20-11-5-4-8-14-6-2-3-7-14;/h9-10,12,14H,2-8,11,13H2,1H3,(H2,19,20,22);1H. The van der Waals surface area contributed by atoms with Crippen LogP contribution in [0.1, 0.15) is 50.5 Å². The fourth-order valence-corrected chi connectivity index (χ4v) is 3.09. The van der Waals surface area contributed by atoms with Crippen molar-refractivity contribution in [2.24, 2.45) is 10.9 Å². The highest BCUT2D eigenvalue weighted by molar-refractivity contribution is 14.0. The van der Waals surface area contributed by atoms with Crippen molar-refractivity contribution in [1.29, 1.82) is 0 Å². The third-order valence-corrected chi connectivity index (χ3v) is 4.50. The van der Waals surface area contributed by atoms with Gasteiger partial charge in [0.05, 0.1) is 0 Å². The van der Waals surface area contributed by atoms with E-state index in [2.05, 4.69) is 20.6 Å². The molecule has 2 rings (SSSR count). The molecule has 0 atom stereocenters. The number of hydrogen-bond donors (Lipinski definition) is 2. The zero-order valence-electron chi connectivity index (χ0n) is 13.9. The molecule has 130 valence electrons. The Morgan fingerprint density at radius 2 is 2.04 bits per heavy atom. The van der Waals surface area contributed by atoms with Gasteiger partial charge in [-0.25, -0.2) is 4.98 Å². The number of hydrogen-bond acceptors (Lipinski definition) is 2. The molecule has 1 saturated carbocycles. The van der Waals surface area contributed by atoms with Crippen LogP contribution in [0.15, 0.2) is 23.3 Å². The van der Waals surface area contributed by atoms with E-state index >= 15 is 0 Å². The van der Waals surface area contributed by atoms with Crippen LogP contribution < -0.4 is 10.6 Å². The predicted octanol–water partition coefficient (Wildman–Crippen LogP) is 4.38. The van der Waals surface area contributed by atoms with Gasteiger partial charge in [0.25, 0.3) is 0 Å². The van der Waals surface area contributed by atoms with Gasteiger partial charge in [0.1, 0.15) is 5.15 Å². The first-order chi connectivity index (χ1) is 10.8. The monoisotopic (exact) mass is 450 g/mol. The SMILES string of the molecule is CN=C(NCCCCC1CCCC1)NCc1ccc(Cl)nc1.I. The molecule has 0 amide bonds. The third kappa shape index (κ3) is 8.20. The Bertz CT molecular complexity index is 458. The molecule has 1 aromatic rings. The number of pyridine rings is 1. The van der Waals surface area contributed by atoms with E-state index in [9.17, 15) is 0 Å². The van der Waals surface area contributed by atoms with Crippen LogP contribution in [0.5, 0.6) is 0 Å². The second kappa shape index (κ2) is 11.9. The lowest BCUT2D eigenvalue weighted by Gasteiger charge is -2.12. The van der Waals surface area contributed by atoms with Crippen LogP contribution in [0.25, 0.3) is 0 Å². The summed E-state index contributed by atoms with van der Waals surface area (Å²) in [6, 6.07) is 3.77. The normalized spacial score (nSPS) is 15.3. The highest BCUT2D eigenvalue weighted by Gasteiger charge is 2.13. The van der Waals surface area contributed by atoms with Gasteiger partial charge in [0.15, 0.2) is 5.96 Å². The molecule has 6 heteroatoms. The molecule has 2 N–H and O–H groups in total. The maximum absolute atomic E-state index is 5.78. The van der Waals surface area contributed by atoms with Gasteiger partial charge < -0.3 is 10.6 Å². The Labute approximate surface area is 161 Å². The average Bonchev–Trinajstić information content (AvgIpc) is 3.05. The van der Waals surface area contributed by atoms with Crippen molar-refractivity contribution in [3.05, 3.63) is 29.0 Å². The Kier molecular flexibility index (Phi) is 10.6. The highest BCUT2D eigenvalue weighted by Crippen LogP contribution is 2.28. The predicted molar refractivity (Wildman–Crippen MR) is 109 cm³/mol. The van der Waals surface area contributed by atoms with E-state index in [0.29, 0.717) is 11.7 Å². The van der Waals surface area contributed by atoms with Crippen molar-refractivity contribution < 1.29 is 0 Å². The largest absolute Gasteiger partial charge is 0.356 e. The van der Waals surface area contributed by atoms with Crippen molar-refractivity contribution in [2.75, 3.05) is 13.6 Å². The summed E-state index contributed by atoms with van der Waals surface area (Å²) in [6.07, 6.45) is 11.5. The molecule has 1 aliphatic carbocycles. The lowest BCUT2D eigenvalue weighted by molar-refractivity contribution is 0.472. The molecule has 1 aliphatic rings. The summed E-state index contributed by atoms with van der Waals surface area (Å²) >= 11 is 5.78. The number of nitrogens with one attached hydrogen (secondary N) is 2. The fraction of sp³-hybridized carbons (Fsp3) is 0.647. The minimum atomic E-state index is 0. The molecule has 0 spiro atoms. The van der Waals surface area contributed by atoms with Gasteiger partial charge in [-0.2, -0.15) is 0 Å². The van der Waals surface area contributed by atoms with Crippen molar-refractivity contribution in [1.82, 2.24) is 15.6 Å². The van der Waals surface area contributed by atoms with Crippen molar-refractivity contribution in [3.63, 3.8) is 0 Å². The van der Waals surface area contributed by atoms with Crippen LogP contribution >= 0.6 is 35.6 Å². The van der Waals surface area contributed by atoms with Gasteiger partial charge in [0.2, 0.25) is 0 Å². The number of rotatable bonds is 7. The quantitative estimate of drug-likeness (QED) is 0.213. The maximum Gasteiger partial charge on any atom is 0.191 e. The summed E-state index contributed by atoms with van der Waals surface area (Å²) in [5.74, 6) is 1.84. The number of halogens is 2. The van der Waals surface area contributed by atoms with Gasteiger partial charge in [0, 0.05) is 26.3 Å². The lowest BCUT2D eigenvalue weighted by Crippen LogP contribution is -2.37. The summed E-state index contributed by atoms with van der Waals surface area (Å²) in [5, 5.41) is 7.18. The summed E-state index contributed by atoms with van der Waals surface area (Å²) in [7, 11) is 1.80. The second-order valence-electron chi connectivity index (χ2n) is 5.99. The van der Waals surface area contributed by atoms with Crippen LogP contribution in [0.2, 0.25) is 5.15 Å². The third-order valence-electron chi connectivity index (χ3n) is 4.28. The van der Waals surface area contributed by atoms with Gasteiger partial charge in [-0.1, -0.05) is 56.2 Å². The van der Waals surface area contributed by atoms with Crippen molar-refractivity contribution in [3.8, 4) is 0 Å².